The SMILES string of the molecule is Cc1ccc([C@@]2(C(C)(C)C)S[C@](c3ccc(C)cc3)(C(C)(C)C)OS2=O)cc1. The first kappa shape index (κ1) is 21.6. The number of hydrogen-bond acceptors (Lipinski definition) is 3. The first-order valence-electron chi connectivity index (χ1n) is 9.79. The van der Waals surface area contributed by atoms with Crippen molar-refractivity contribution in [2.75, 3.05) is 0 Å². The third kappa shape index (κ3) is 3.28. The lowest BCUT2D eigenvalue weighted by molar-refractivity contribution is 0.0696. The normalized spacial score (nSPS) is 28.5. The summed E-state index contributed by atoms with van der Waals surface area (Å²) in [5, 5.41) is 0. The van der Waals surface area contributed by atoms with Crippen molar-refractivity contribution in [3.63, 3.8) is 0 Å². The first-order valence-corrected chi connectivity index (χ1v) is 11.7. The van der Waals surface area contributed by atoms with Crippen LogP contribution in [0.4, 0.5) is 0 Å². The predicted molar refractivity (Wildman–Crippen MR) is 121 cm³/mol. The molecular formula is C24H32O2S2. The Balaban J connectivity index is 2.26. The molecule has 4 heteroatoms. The second-order valence-electron chi connectivity index (χ2n) is 9.89. The molecule has 0 N–H and O–H groups in total. The predicted octanol–water partition coefficient (Wildman–Crippen LogP) is 6.83. The van der Waals surface area contributed by atoms with Crippen molar-refractivity contribution in [3.8, 4) is 0 Å². The van der Waals surface area contributed by atoms with E-state index in [1.807, 2.05) is 0 Å². The van der Waals surface area contributed by atoms with Gasteiger partial charge in [0.1, 0.15) is 4.08 Å². The largest absolute Gasteiger partial charge is 0.266 e. The van der Waals surface area contributed by atoms with E-state index < -0.39 is 20.1 Å². The Morgan fingerprint density at radius 1 is 0.750 bits per heavy atom. The molecule has 2 aromatic carbocycles. The molecule has 0 aromatic heterocycles. The molecule has 0 radical (unpaired) electrons. The Morgan fingerprint density at radius 2 is 1.18 bits per heavy atom. The van der Waals surface area contributed by atoms with Gasteiger partial charge in [0.05, 0.1) is 0 Å². The number of benzene rings is 2. The van der Waals surface area contributed by atoms with Gasteiger partial charge in [-0.2, -0.15) is 0 Å². The molecule has 28 heavy (non-hydrogen) atoms. The van der Waals surface area contributed by atoms with Crippen LogP contribution in [0.5, 0.6) is 0 Å². The van der Waals surface area contributed by atoms with Gasteiger partial charge < -0.3 is 0 Å². The van der Waals surface area contributed by atoms with E-state index in [0.29, 0.717) is 0 Å². The molecule has 3 atom stereocenters. The maximum atomic E-state index is 13.8. The Morgan fingerprint density at radius 3 is 1.57 bits per heavy atom. The molecule has 3 rings (SSSR count). The molecule has 0 spiro atoms. The zero-order valence-corrected chi connectivity index (χ0v) is 19.9. The summed E-state index contributed by atoms with van der Waals surface area (Å²) in [6.45, 7) is 17.2. The zero-order valence-electron chi connectivity index (χ0n) is 18.3. The van der Waals surface area contributed by atoms with Crippen LogP contribution < -0.4 is 0 Å². The van der Waals surface area contributed by atoms with Gasteiger partial charge in [-0.25, -0.2) is 4.21 Å². The van der Waals surface area contributed by atoms with Gasteiger partial charge in [0, 0.05) is 5.41 Å². The van der Waals surface area contributed by atoms with E-state index in [1.54, 1.807) is 11.8 Å². The fourth-order valence-corrected chi connectivity index (χ4v) is 7.85. The Labute approximate surface area is 177 Å². The van der Waals surface area contributed by atoms with Crippen LogP contribution in [0, 0.1) is 24.7 Å². The lowest BCUT2D eigenvalue weighted by Gasteiger charge is -2.43. The second-order valence-corrected chi connectivity index (χ2v) is 12.8. The van der Waals surface area contributed by atoms with Gasteiger partial charge in [-0.3, -0.25) is 4.18 Å². The summed E-state index contributed by atoms with van der Waals surface area (Å²) in [7, 11) is 0. The summed E-state index contributed by atoms with van der Waals surface area (Å²) in [6.07, 6.45) is 0. The van der Waals surface area contributed by atoms with Crippen LogP contribution in [-0.2, 0) is 24.3 Å². The molecule has 1 fully saturated rings. The number of hydrogen-bond donors (Lipinski definition) is 0. The highest BCUT2D eigenvalue weighted by Gasteiger charge is 2.66. The minimum atomic E-state index is -1.51. The van der Waals surface area contributed by atoms with Crippen LogP contribution in [-0.4, -0.2) is 4.21 Å². The Hall–Kier alpha value is -1.10. The van der Waals surface area contributed by atoms with Gasteiger partial charge in [0.15, 0.2) is 16.0 Å². The maximum Gasteiger partial charge on any atom is 0.179 e. The van der Waals surface area contributed by atoms with Gasteiger partial charge >= 0.3 is 0 Å². The second kappa shape index (κ2) is 7.00. The molecule has 152 valence electrons. The van der Waals surface area contributed by atoms with E-state index in [4.69, 9.17) is 4.18 Å². The highest BCUT2D eigenvalue weighted by molar-refractivity contribution is 8.13. The first-order chi connectivity index (χ1) is 12.8. The van der Waals surface area contributed by atoms with Gasteiger partial charge in [0.25, 0.3) is 0 Å². The summed E-state index contributed by atoms with van der Waals surface area (Å²) in [6, 6.07) is 16.9. The molecular weight excluding hydrogens is 384 g/mol. The standard InChI is InChI=1S/C24H32O2S2/c1-17-9-13-19(14-10-17)23(21(3,4)5)26-28(25)24(27-23,22(6,7)8)20-15-11-18(2)12-16-20/h9-16H,1-8H3/t23-,24-,28?/m1/s1. The molecule has 1 unspecified atom stereocenters. The summed E-state index contributed by atoms with van der Waals surface area (Å²) in [4.78, 5) is -0.705. The van der Waals surface area contributed by atoms with Crippen molar-refractivity contribution < 1.29 is 8.39 Å². The molecule has 2 nitrogen and oxygen atoms in total. The molecule has 1 aliphatic heterocycles. The van der Waals surface area contributed by atoms with Crippen molar-refractivity contribution in [2.24, 2.45) is 10.8 Å². The maximum absolute atomic E-state index is 13.8. The van der Waals surface area contributed by atoms with Crippen LogP contribution in [0.15, 0.2) is 48.5 Å². The Bertz CT molecular complexity index is 873. The number of thioether (sulfide) groups is 1. The van der Waals surface area contributed by atoms with Crippen LogP contribution in [0.3, 0.4) is 0 Å². The van der Waals surface area contributed by atoms with E-state index in [1.165, 1.54) is 11.1 Å². The average molecular weight is 417 g/mol. The van der Waals surface area contributed by atoms with Gasteiger partial charge in [0.2, 0.25) is 0 Å². The molecule has 2 aromatic rings. The van der Waals surface area contributed by atoms with Gasteiger partial charge in [-0.1, -0.05) is 113 Å². The van der Waals surface area contributed by atoms with Gasteiger partial charge in [-0.05, 0) is 30.4 Å². The van der Waals surface area contributed by atoms with Crippen LogP contribution in [0.25, 0.3) is 0 Å². The minimum Gasteiger partial charge on any atom is -0.266 e. The summed E-state index contributed by atoms with van der Waals surface area (Å²) >= 11 is 0.218. The van der Waals surface area contributed by atoms with Crippen molar-refractivity contribution in [1.82, 2.24) is 0 Å². The Kier molecular flexibility index (Phi) is 5.40. The monoisotopic (exact) mass is 416 g/mol. The molecule has 0 amide bonds. The van der Waals surface area contributed by atoms with E-state index in [9.17, 15) is 4.21 Å². The summed E-state index contributed by atoms with van der Waals surface area (Å²) in [5.74, 6) is 0. The van der Waals surface area contributed by atoms with Crippen LogP contribution in [0.2, 0.25) is 0 Å². The van der Waals surface area contributed by atoms with Crippen molar-refractivity contribution in [3.05, 3.63) is 70.8 Å². The minimum absolute atomic E-state index is 0.250. The molecule has 0 aliphatic carbocycles. The van der Waals surface area contributed by atoms with E-state index in [0.717, 1.165) is 11.1 Å². The number of aryl methyl sites for hydroxylation is 2. The lowest BCUT2D eigenvalue weighted by atomic mass is 9.83. The van der Waals surface area contributed by atoms with E-state index in [-0.39, 0.29) is 10.8 Å². The fraction of sp³-hybridized carbons (Fsp3) is 0.500. The van der Waals surface area contributed by atoms with Crippen molar-refractivity contribution >= 4 is 22.8 Å². The van der Waals surface area contributed by atoms with Crippen molar-refractivity contribution in [2.45, 2.75) is 64.4 Å². The third-order valence-electron chi connectivity index (χ3n) is 5.55. The lowest BCUT2D eigenvalue weighted by Crippen LogP contribution is -2.40. The highest BCUT2D eigenvalue weighted by Crippen LogP contribution is 2.70. The smallest absolute Gasteiger partial charge is 0.179 e. The molecule has 0 bridgehead atoms. The average Bonchev–Trinajstić information content (AvgIpc) is 2.91. The van der Waals surface area contributed by atoms with E-state index in [2.05, 4.69) is 104 Å². The molecule has 0 saturated carbocycles. The zero-order chi connectivity index (χ0) is 21.0. The third-order valence-corrected chi connectivity index (χ3v) is 10.4. The summed E-state index contributed by atoms with van der Waals surface area (Å²) in [5.41, 5.74) is 4.02. The summed E-state index contributed by atoms with van der Waals surface area (Å²) < 4.78 is 19.6. The van der Waals surface area contributed by atoms with Crippen LogP contribution in [0.1, 0.15) is 63.8 Å². The molecule has 1 aliphatic rings. The quantitative estimate of drug-likeness (QED) is 0.537. The molecule has 1 saturated heterocycles. The fourth-order valence-electron chi connectivity index (χ4n) is 3.77. The number of rotatable bonds is 2. The van der Waals surface area contributed by atoms with Crippen LogP contribution >= 0.6 is 11.8 Å². The van der Waals surface area contributed by atoms with Gasteiger partial charge in [-0.15, -0.1) is 0 Å². The molecule has 1 heterocycles. The highest BCUT2D eigenvalue weighted by atomic mass is 32.2. The van der Waals surface area contributed by atoms with E-state index >= 15 is 0 Å². The topological polar surface area (TPSA) is 26.3 Å². The van der Waals surface area contributed by atoms with Crippen molar-refractivity contribution in [1.29, 1.82) is 0 Å².